The van der Waals surface area contributed by atoms with Crippen molar-refractivity contribution in [3.63, 3.8) is 0 Å². The Bertz CT molecular complexity index is 3200. The van der Waals surface area contributed by atoms with E-state index in [0.29, 0.717) is 0 Å². The molecule has 4 aromatic heterocycles. The Labute approximate surface area is 295 Å². The van der Waals surface area contributed by atoms with E-state index in [2.05, 4.69) is 138 Å². The summed E-state index contributed by atoms with van der Waals surface area (Å²) in [5.74, 6) is 0. The van der Waals surface area contributed by atoms with E-state index in [0.717, 1.165) is 0 Å². The summed E-state index contributed by atoms with van der Waals surface area (Å²) >= 11 is 3.99. The average Bonchev–Trinajstić information content (AvgIpc) is 3.86. The van der Waals surface area contributed by atoms with E-state index in [1.165, 1.54) is 112 Å². The first-order valence-electron chi connectivity index (χ1n) is 17.6. The maximum absolute atomic E-state index is 2.58. The standard InChI is InChI=1S/C45H25BN2S2/c1-45(2)38-36-26-14-7-12-24-22-10-3-5-16-28(22)47(43(24)26)30(36)20-34-41(38)46-40-32(49-34)18-9-19-33(40)50-35-21-31-37(39(45)42(35)46)27-15-8-13-25-23-11-4-6-17-29(23)48(31)44(25)27/h3-21H,1-2H3. The van der Waals surface area contributed by atoms with Gasteiger partial charge in [-0.15, -0.1) is 0 Å². The molecule has 0 saturated heterocycles. The number of nitrogens with zero attached hydrogens (tertiary/aromatic N) is 2. The largest absolute Gasteiger partial charge is 0.308 e. The molecule has 2 nitrogen and oxygen atoms in total. The molecule has 230 valence electrons. The van der Waals surface area contributed by atoms with E-state index in [4.69, 9.17) is 0 Å². The van der Waals surface area contributed by atoms with Crippen LogP contribution in [0.3, 0.4) is 0 Å². The molecular formula is C45H25BN2S2. The normalized spacial score (nSPS) is 15.8. The minimum atomic E-state index is -0.254. The first-order chi connectivity index (χ1) is 24.6. The summed E-state index contributed by atoms with van der Waals surface area (Å²) in [6.07, 6.45) is 0. The van der Waals surface area contributed by atoms with Gasteiger partial charge in [-0.3, -0.25) is 0 Å². The highest BCUT2D eigenvalue weighted by molar-refractivity contribution is 8.01. The van der Waals surface area contributed by atoms with Crippen LogP contribution in [0, 0.1) is 0 Å². The molecule has 0 atom stereocenters. The van der Waals surface area contributed by atoms with Gasteiger partial charge in [0, 0.05) is 68.1 Å². The third-order valence-electron chi connectivity index (χ3n) is 12.6. The Morgan fingerprint density at radius 1 is 0.440 bits per heavy atom. The van der Waals surface area contributed by atoms with Crippen molar-refractivity contribution in [2.24, 2.45) is 0 Å². The minimum Gasteiger partial charge on any atom is -0.308 e. The molecule has 5 heteroatoms. The zero-order valence-corrected chi connectivity index (χ0v) is 28.9. The van der Waals surface area contributed by atoms with Crippen LogP contribution in [0.2, 0.25) is 0 Å². The van der Waals surface area contributed by atoms with Crippen LogP contribution in [0.4, 0.5) is 0 Å². The molecule has 0 aliphatic carbocycles. The lowest BCUT2D eigenvalue weighted by atomic mass is 9.31. The molecule has 14 rings (SSSR count). The Kier molecular flexibility index (Phi) is 4.18. The highest BCUT2D eigenvalue weighted by Crippen LogP contribution is 2.53. The molecule has 7 aromatic carbocycles. The van der Waals surface area contributed by atoms with Crippen LogP contribution in [0.5, 0.6) is 0 Å². The van der Waals surface area contributed by atoms with Crippen molar-refractivity contribution in [3.8, 4) is 0 Å². The molecule has 0 unspecified atom stereocenters. The highest BCUT2D eigenvalue weighted by atomic mass is 32.2. The van der Waals surface area contributed by atoms with E-state index in [1.54, 1.807) is 10.9 Å². The third-order valence-corrected chi connectivity index (χ3v) is 14.9. The molecule has 7 heterocycles. The van der Waals surface area contributed by atoms with Crippen LogP contribution < -0.4 is 16.4 Å². The zero-order valence-electron chi connectivity index (χ0n) is 27.3. The lowest BCUT2D eigenvalue weighted by molar-refractivity contribution is 0.656. The van der Waals surface area contributed by atoms with E-state index >= 15 is 0 Å². The Morgan fingerprint density at radius 3 is 1.40 bits per heavy atom. The summed E-state index contributed by atoms with van der Waals surface area (Å²) in [7, 11) is 0. The summed E-state index contributed by atoms with van der Waals surface area (Å²) < 4.78 is 5.17. The summed E-state index contributed by atoms with van der Waals surface area (Å²) in [6, 6.07) is 44.1. The Balaban J connectivity index is 1.26. The molecule has 50 heavy (non-hydrogen) atoms. The first-order valence-corrected chi connectivity index (χ1v) is 19.2. The van der Waals surface area contributed by atoms with Crippen LogP contribution in [0.15, 0.2) is 135 Å². The van der Waals surface area contributed by atoms with E-state index in [1.807, 2.05) is 23.5 Å². The fourth-order valence-corrected chi connectivity index (χ4v) is 13.5. The number of fused-ring (bicyclic) bond motifs is 14. The molecule has 11 aromatic rings. The van der Waals surface area contributed by atoms with Gasteiger partial charge in [0.2, 0.25) is 6.71 Å². The molecule has 0 fully saturated rings. The van der Waals surface area contributed by atoms with Crippen LogP contribution in [-0.4, -0.2) is 15.5 Å². The molecule has 0 saturated carbocycles. The van der Waals surface area contributed by atoms with Crippen molar-refractivity contribution in [1.29, 1.82) is 0 Å². The molecule has 3 aliphatic heterocycles. The second-order valence-electron chi connectivity index (χ2n) is 15.2. The maximum Gasteiger partial charge on any atom is 0.247 e. The summed E-state index contributed by atoms with van der Waals surface area (Å²) in [5.41, 5.74) is 15.4. The van der Waals surface area contributed by atoms with Gasteiger partial charge >= 0.3 is 0 Å². The van der Waals surface area contributed by atoms with Crippen molar-refractivity contribution in [2.45, 2.75) is 38.8 Å². The molecule has 0 spiro atoms. The average molecular weight is 669 g/mol. The van der Waals surface area contributed by atoms with Gasteiger partial charge in [0.15, 0.2) is 0 Å². The molecule has 0 bridgehead atoms. The predicted molar refractivity (Wildman–Crippen MR) is 214 cm³/mol. The van der Waals surface area contributed by atoms with Crippen LogP contribution in [0.25, 0.3) is 76.2 Å². The van der Waals surface area contributed by atoms with Crippen LogP contribution >= 0.6 is 23.5 Å². The maximum atomic E-state index is 2.58. The molecular weight excluding hydrogens is 643 g/mol. The van der Waals surface area contributed by atoms with Crippen molar-refractivity contribution < 1.29 is 0 Å². The SMILES string of the molecule is CC1(C)c2c3c(cc4c2c2cccc5c6ccccc6n4c52)Sc2cccc4c2B3c2c(cc3c(c21)c1cccc2c5ccccc5n3c21)S4. The molecule has 0 radical (unpaired) electrons. The monoisotopic (exact) mass is 668 g/mol. The van der Waals surface area contributed by atoms with Gasteiger partial charge in [0.25, 0.3) is 0 Å². The first kappa shape index (κ1) is 25.8. The van der Waals surface area contributed by atoms with Gasteiger partial charge in [0.1, 0.15) is 0 Å². The van der Waals surface area contributed by atoms with Crippen molar-refractivity contribution in [1.82, 2.24) is 8.80 Å². The summed E-state index contributed by atoms with van der Waals surface area (Å²) in [5, 5.41) is 11.0. The smallest absolute Gasteiger partial charge is 0.247 e. The number of benzene rings is 7. The fourth-order valence-electron chi connectivity index (χ4n) is 11.0. The molecule has 3 aliphatic rings. The van der Waals surface area contributed by atoms with Crippen molar-refractivity contribution >= 4 is 123 Å². The number of aromatic nitrogens is 2. The van der Waals surface area contributed by atoms with Gasteiger partial charge in [0.05, 0.1) is 33.1 Å². The van der Waals surface area contributed by atoms with Crippen LogP contribution in [0.1, 0.15) is 25.0 Å². The third kappa shape index (κ3) is 2.58. The summed E-state index contributed by atoms with van der Waals surface area (Å²) in [6.45, 7) is 5.30. The number of rotatable bonds is 0. The molecule has 0 N–H and O–H groups in total. The number of hydrogen-bond acceptors (Lipinski definition) is 2. The van der Waals surface area contributed by atoms with Gasteiger partial charge in [-0.25, -0.2) is 0 Å². The number of para-hydroxylation sites is 4. The fraction of sp³-hybridized carbons (Fsp3) is 0.0667. The second kappa shape index (κ2) is 8.10. The van der Waals surface area contributed by atoms with E-state index in [-0.39, 0.29) is 12.1 Å². The lowest BCUT2D eigenvalue weighted by Crippen LogP contribution is -2.65. The Hall–Kier alpha value is -5.10. The number of hydrogen-bond donors (Lipinski definition) is 0. The zero-order chi connectivity index (χ0) is 32.4. The van der Waals surface area contributed by atoms with E-state index in [9.17, 15) is 0 Å². The quantitative estimate of drug-likeness (QED) is 0.149. The lowest BCUT2D eigenvalue weighted by Gasteiger charge is -2.45. The van der Waals surface area contributed by atoms with Gasteiger partial charge in [-0.1, -0.05) is 127 Å². The van der Waals surface area contributed by atoms with Crippen molar-refractivity contribution in [2.75, 3.05) is 0 Å². The van der Waals surface area contributed by atoms with Gasteiger partial charge < -0.3 is 8.80 Å². The highest BCUT2D eigenvalue weighted by Gasteiger charge is 2.50. The van der Waals surface area contributed by atoms with Gasteiger partial charge in [-0.2, -0.15) is 0 Å². The topological polar surface area (TPSA) is 8.82 Å². The minimum absolute atomic E-state index is 0.217. The van der Waals surface area contributed by atoms with Gasteiger partial charge in [-0.05, 0) is 53.0 Å². The predicted octanol–water partition coefficient (Wildman–Crippen LogP) is 10.1. The van der Waals surface area contributed by atoms with E-state index < -0.39 is 0 Å². The molecule has 0 amide bonds. The second-order valence-corrected chi connectivity index (χ2v) is 17.3. The van der Waals surface area contributed by atoms with Crippen molar-refractivity contribution in [3.05, 3.63) is 126 Å². The Morgan fingerprint density at radius 2 is 0.880 bits per heavy atom. The van der Waals surface area contributed by atoms with Crippen LogP contribution in [-0.2, 0) is 5.41 Å². The summed E-state index contributed by atoms with van der Waals surface area (Å²) in [4.78, 5) is 5.66.